The van der Waals surface area contributed by atoms with E-state index < -0.39 is 5.82 Å². The molecule has 0 unspecified atom stereocenters. The van der Waals surface area contributed by atoms with E-state index in [9.17, 15) is 4.39 Å². The van der Waals surface area contributed by atoms with E-state index in [1.807, 2.05) is 0 Å². The van der Waals surface area contributed by atoms with Crippen molar-refractivity contribution in [1.82, 2.24) is 0 Å². The Kier molecular flexibility index (Phi) is 3.05. The summed E-state index contributed by atoms with van der Waals surface area (Å²) in [6, 6.07) is 3.03. The number of nitrogens with one attached hydrogen (secondary N) is 1. The Balaban J connectivity index is 2.14. The minimum Gasteiger partial charge on any atom is -0.380 e. The quantitative estimate of drug-likeness (QED) is 0.845. The smallest absolute Gasteiger partial charge is 0.126 e. The lowest BCUT2D eigenvalue weighted by Crippen LogP contribution is -2.44. The number of hydrogen-bond acceptors (Lipinski definition) is 2. The van der Waals surface area contributed by atoms with E-state index in [0.717, 1.165) is 12.8 Å². The Morgan fingerprint density at radius 1 is 1.27 bits per heavy atom. The van der Waals surface area contributed by atoms with Crippen molar-refractivity contribution in [3.63, 3.8) is 0 Å². The van der Waals surface area contributed by atoms with Crippen molar-refractivity contribution < 1.29 is 4.39 Å². The molecule has 5 heteroatoms. The van der Waals surface area contributed by atoms with Gasteiger partial charge in [-0.15, -0.1) is 0 Å². The monoisotopic (exact) mass is 248 g/mol. The molecular formula is C10H11Cl2FN2. The Hall–Kier alpha value is -0.510. The lowest BCUT2D eigenvalue weighted by Gasteiger charge is -2.34. The molecule has 0 amide bonds. The second-order valence-electron chi connectivity index (χ2n) is 3.82. The van der Waals surface area contributed by atoms with E-state index in [2.05, 4.69) is 5.32 Å². The summed E-state index contributed by atoms with van der Waals surface area (Å²) in [6.45, 7) is 0. The fourth-order valence-corrected chi connectivity index (χ4v) is 2.23. The maximum atomic E-state index is 12.9. The van der Waals surface area contributed by atoms with Crippen LogP contribution in [0, 0.1) is 5.82 Å². The van der Waals surface area contributed by atoms with E-state index in [1.54, 1.807) is 0 Å². The SMILES string of the molecule is NC1CC(Nc2c(Cl)cc(F)cc2Cl)C1. The van der Waals surface area contributed by atoms with Gasteiger partial charge < -0.3 is 11.1 Å². The van der Waals surface area contributed by atoms with Gasteiger partial charge in [0.1, 0.15) is 5.82 Å². The van der Waals surface area contributed by atoms with Crippen LogP contribution in [-0.4, -0.2) is 12.1 Å². The normalized spacial score (nSPS) is 24.8. The van der Waals surface area contributed by atoms with Crippen molar-refractivity contribution in [3.05, 3.63) is 28.0 Å². The van der Waals surface area contributed by atoms with Gasteiger partial charge in [0, 0.05) is 12.1 Å². The van der Waals surface area contributed by atoms with E-state index in [4.69, 9.17) is 28.9 Å². The molecule has 3 N–H and O–H groups in total. The third-order valence-electron chi connectivity index (χ3n) is 2.53. The van der Waals surface area contributed by atoms with Crippen molar-refractivity contribution in [2.45, 2.75) is 24.9 Å². The molecule has 1 aromatic carbocycles. The first-order valence-electron chi connectivity index (χ1n) is 4.73. The van der Waals surface area contributed by atoms with Gasteiger partial charge >= 0.3 is 0 Å². The standard InChI is InChI=1S/C10H11Cl2FN2/c11-8-1-5(13)2-9(12)10(8)15-7-3-6(14)4-7/h1-2,6-7,15H,3-4,14H2. The zero-order chi connectivity index (χ0) is 11.0. The fourth-order valence-electron chi connectivity index (χ4n) is 1.66. The molecule has 0 radical (unpaired) electrons. The highest BCUT2D eigenvalue weighted by Gasteiger charge is 2.26. The second-order valence-corrected chi connectivity index (χ2v) is 4.63. The van der Waals surface area contributed by atoms with Gasteiger partial charge in [-0.3, -0.25) is 0 Å². The van der Waals surface area contributed by atoms with Gasteiger partial charge in [-0.1, -0.05) is 23.2 Å². The summed E-state index contributed by atoms with van der Waals surface area (Å²) in [5, 5.41) is 3.77. The summed E-state index contributed by atoms with van der Waals surface area (Å²) in [5.74, 6) is -0.430. The average molecular weight is 249 g/mol. The number of anilines is 1. The predicted octanol–water partition coefficient (Wildman–Crippen LogP) is 3.03. The minimum absolute atomic E-state index is 0.250. The largest absolute Gasteiger partial charge is 0.380 e. The zero-order valence-corrected chi connectivity index (χ0v) is 9.45. The lowest BCUT2D eigenvalue weighted by atomic mass is 9.87. The molecule has 1 aliphatic rings. The molecule has 1 aromatic rings. The molecule has 2 rings (SSSR count). The van der Waals surface area contributed by atoms with Crippen LogP contribution in [0.5, 0.6) is 0 Å². The van der Waals surface area contributed by atoms with Gasteiger partial charge in [-0.25, -0.2) is 4.39 Å². The van der Waals surface area contributed by atoms with Gasteiger partial charge in [0.25, 0.3) is 0 Å². The van der Waals surface area contributed by atoms with Crippen molar-refractivity contribution in [3.8, 4) is 0 Å². The summed E-state index contributed by atoms with van der Waals surface area (Å²) in [7, 11) is 0. The van der Waals surface area contributed by atoms with E-state index >= 15 is 0 Å². The van der Waals surface area contributed by atoms with Crippen LogP contribution < -0.4 is 11.1 Å². The Morgan fingerprint density at radius 2 is 1.80 bits per heavy atom. The number of rotatable bonds is 2. The van der Waals surface area contributed by atoms with Gasteiger partial charge in [-0.2, -0.15) is 0 Å². The van der Waals surface area contributed by atoms with E-state index in [0.29, 0.717) is 21.8 Å². The van der Waals surface area contributed by atoms with E-state index in [1.165, 1.54) is 12.1 Å². The molecule has 15 heavy (non-hydrogen) atoms. The van der Waals surface area contributed by atoms with Crippen LogP contribution in [0.25, 0.3) is 0 Å². The summed E-state index contributed by atoms with van der Waals surface area (Å²) in [5.41, 5.74) is 6.25. The molecule has 0 aliphatic heterocycles. The topological polar surface area (TPSA) is 38.0 Å². The highest BCUT2D eigenvalue weighted by Crippen LogP contribution is 2.34. The maximum absolute atomic E-state index is 12.9. The highest BCUT2D eigenvalue weighted by atomic mass is 35.5. The number of halogens is 3. The summed E-state index contributed by atoms with van der Waals surface area (Å²) < 4.78 is 12.9. The molecule has 0 heterocycles. The van der Waals surface area contributed by atoms with Crippen molar-refractivity contribution in [1.29, 1.82) is 0 Å². The third kappa shape index (κ3) is 2.36. The van der Waals surface area contributed by atoms with Gasteiger partial charge in [0.05, 0.1) is 15.7 Å². The molecule has 0 bridgehead atoms. The van der Waals surface area contributed by atoms with Crippen LogP contribution in [0.3, 0.4) is 0 Å². The van der Waals surface area contributed by atoms with Crippen LogP contribution in [0.1, 0.15) is 12.8 Å². The first-order chi connectivity index (χ1) is 7.06. The molecule has 82 valence electrons. The molecule has 0 aromatic heterocycles. The lowest BCUT2D eigenvalue weighted by molar-refractivity contribution is 0.373. The Morgan fingerprint density at radius 3 is 2.27 bits per heavy atom. The molecule has 1 saturated carbocycles. The van der Waals surface area contributed by atoms with Crippen LogP contribution in [0.2, 0.25) is 10.0 Å². The Bertz CT molecular complexity index is 355. The average Bonchev–Trinajstić information content (AvgIpc) is 2.07. The van der Waals surface area contributed by atoms with Crippen LogP contribution in [-0.2, 0) is 0 Å². The summed E-state index contributed by atoms with van der Waals surface area (Å²) in [6.07, 6.45) is 1.79. The van der Waals surface area contributed by atoms with Crippen LogP contribution in [0.15, 0.2) is 12.1 Å². The number of nitrogens with two attached hydrogens (primary N) is 1. The summed E-state index contributed by atoms with van der Waals surface area (Å²) >= 11 is 11.8. The minimum atomic E-state index is -0.430. The highest BCUT2D eigenvalue weighted by molar-refractivity contribution is 6.39. The first kappa shape index (κ1) is 11.0. The van der Waals surface area contributed by atoms with Crippen LogP contribution in [0.4, 0.5) is 10.1 Å². The van der Waals surface area contributed by atoms with Crippen molar-refractivity contribution in [2.75, 3.05) is 5.32 Å². The molecule has 0 saturated heterocycles. The molecular weight excluding hydrogens is 238 g/mol. The molecule has 0 atom stereocenters. The molecule has 2 nitrogen and oxygen atoms in total. The molecule has 0 spiro atoms. The van der Waals surface area contributed by atoms with Crippen LogP contribution >= 0.6 is 23.2 Å². The van der Waals surface area contributed by atoms with Gasteiger partial charge in [0.15, 0.2) is 0 Å². The second kappa shape index (κ2) is 4.16. The van der Waals surface area contributed by atoms with Gasteiger partial charge in [-0.05, 0) is 25.0 Å². The first-order valence-corrected chi connectivity index (χ1v) is 5.48. The van der Waals surface area contributed by atoms with Crippen molar-refractivity contribution in [2.24, 2.45) is 5.73 Å². The zero-order valence-electron chi connectivity index (χ0n) is 7.93. The summed E-state index contributed by atoms with van der Waals surface area (Å²) in [4.78, 5) is 0. The van der Waals surface area contributed by atoms with E-state index in [-0.39, 0.29) is 6.04 Å². The predicted molar refractivity (Wildman–Crippen MR) is 61.0 cm³/mol. The maximum Gasteiger partial charge on any atom is 0.126 e. The number of benzene rings is 1. The van der Waals surface area contributed by atoms with Gasteiger partial charge in [0.2, 0.25) is 0 Å². The Labute approximate surface area is 97.5 Å². The molecule has 1 aliphatic carbocycles. The number of hydrogen-bond donors (Lipinski definition) is 2. The molecule has 1 fully saturated rings. The third-order valence-corrected chi connectivity index (χ3v) is 3.13. The van der Waals surface area contributed by atoms with Crippen molar-refractivity contribution >= 4 is 28.9 Å². The fraction of sp³-hybridized carbons (Fsp3) is 0.400.